The van der Waals surface area contributed by atoms with Gasteiger partial charge in [0.25, 0.3) is 0 Å². The third-order valence-corrected chi connectivity index (χ3v) is 5.62. The van der Waals surface area contributed by atoms with Gasteiger partial charge in [-0.1, -0.05) is 35.2 Å². The van der Waals surface area contributed by atoms with Crippen LogP contribution in [0.2, 0.25) is 0 Å². The van der Waals surface area contributed by atoms with Gasteiger partial charge in [-0.25, -0.2) is 0 Å². The molecule has 0 bridgehead atoms. The fourth-order valence-corrected chi connectivity index (χ4v) is 4.33. The summed E-state index contributed by atoms with van der Waals surface area (Å²) in [4.78, 5) is 1.44. The molecule has 112 valence electrons. The third kappa shape index (κ3) is 5.40. The molecule has 1 N–H and O–H groups in total. The van der Waals surface area contributed by atoms with Crippen LogP contribution in [0.5, 0.6) is 0 Å². The van der Waals surface area contributed by atoms with Crippen molar-refractivity contribution in [3.8, 4) is 0 Å². The lowest BCUT2D eigenvalue weighted by molar-refractivity contribution is 0.199. The Bertz CT molecular complexity index is 407. The van der Waals surface area contributed by atoms with Crippen LogP contribution in [0.25, 0.3) is 0 Å². The molecule has 0 spiro atoms. The first-order valence-electron chi connectivity index (χ1n) is 7.44. The number of rotatable bonds is 7. The zero-order valence-electron chi connectivity index (χ0n) is 12.2. The molecular formula is C16H24BrNOS. The highest BCUT2D eigenvalue weighted by Gasteiger charge is 2.16. The van der Waals surface area contributed by atoms with Gasteiger partial charge in [-0.2, -0.15) is 0 Å². The molecule has 4 heteroatoms. The van der Waals surface area contributed by atoms with Crippen molar-refractivity contribution in [3.63, 3.8) is 0 Å². The second-order valence-electron chi connectivity index (χ2n) is 5.30. The number of nitrogens with one attached hydrogen (secondary N) is 1. The van der Waals surface area contributed by atoms with Crippen molar-refractivity contribution in [1.29, 1.82) is 0 Å². The average molecular weight is 358 g/mol. The first-order valence-corrected chi connectivity index (χ1v) is 9.11. The van der Waals surface area contributed by atoms with Crippen LogP contribution in [0.1, 0.15) is 37.7 Å². The van der Waals surface area contributed by atoms with Crippen LogP contribution in [0, 0.1) is 0 Å². The van der Waals surface area contributed by atoms with Crippen LogP contribution in [-0.2, 0) is 11.3 Å². The highest BCUT2D eigenvalue weighted by molar-refractivity contribution is 9.10. The fourth-order valence-electron chi connectivity index (χ4n) is 2.56. The predicted octanol–water partition coefficient (Wildman–Crippen LogP) is 4.61. The molecule has 0 aromatic heterocycles. The largest absolute Gasteiger partial charge is 0.383 e. The number of hydrogen-bond donors (Lipinski definition) is 1. The van der Waals surface area contributed by atoms with E-state index in [4.69, 9.17) is 4.74 Å². The lowest BCUT2D eigenvalue weighted by Gasteiger charge is -2.22. The molecule has 0 aliphatic heterocycles. The monoisotopic (exact) mass is 357 g/mol. The van der Waals surface area contributed by atoms with E-state index in [1.165, 1.54) is 42.6 Å². The van der Waals surface area contributed by atoms with Gasteiger partial charge in [0.15, 0.2) is 0 Å². The minimum absolute atomic E-state index is 0.763. The van der Waals surface area contributed by atoms with Crippen molar-refractivity contribution >= 4 is 27.7 Å². The van der Waals surface area contributed by atoms with Gasteiger partial charge in [0, 0.05) is 34.8 Å². The second kappa shape index (κ2) is 9.08. The maximum Gasteiger partial charge on any atom is 0.0587 e. The minimum Gasteiger partial charge on any atom is -0.383 e. The second-order valence-corrected chi connectivity index (χ2v) is 7.56. The van der Waals surface area contributed by atoms with Crippen LogP contribution in [0.15, 0.2) is 27.6 Å². The van der Waals surface area contributed by atoms with Gasteiger partial charge in [0.05, 0.1) is 6.61 Å². The molecule has 1 aromatic carbocycles. The maximum absolute atomic E-state index is 5.08. The zero-order valence-corrected chi connectivity index (χ0v) is 14.6. The summed E-state index contributed by atoms with van der Waals surface area (Å²) < 4.78 is 6.24. The molecule has 20 heavy (non-hydrogen) atoms. The molecule has 1 fully saturated rings. The number of ether oxygens (including phenoxy) is 1. The summed E-state index contributed by atoms with van der Waals surface area (Å²) >= 11 is 5.65. The van der Waals surface area contributed by atoms with Crippen molar-refractivity contribution in [3.05, 3.63) is 28.2 Å². The van der Waals surface area contributed by atoms with E-state index in [0.29, 0.717) is 0 Å². The van der Waals surface area contributed by atoms with E-state index in [-0.39, 0.29) is 0 Å². The topological polar surface area (TPSA) is 21.3 Å². The molecule has 0 atom stereocenters. The van der Waals surface area contributed by atoms with Gasteiger partial charge < -0.3 is 10.1 Å². The number of benzene rings is 1. The van der Waals surface area contributed by atoms with E-state index in [2.05, 4.69) is 51.2 Å². The first-order chi connectivity index (χ1) is 9.79. The van der Waals surface area contributed by atoms with Crippen molar-refractivity contribution < 1.29 is 4.74 Å². The smallest absolute Gasteiger partial charge is 0.0587 e. The standard InChI is InChI=1S/C16H24BrNOS/c1-19-10-9-18-12-13-11-14(17)7-8-16(13)20-15-5-3-2-4-6-15/h7-8,11,15,18H,2-6,9-10,12H2,1H3. The van der Waals surface area contributed by atoms with Gasteiger partial charge in [-0.3, -0.25) is 0 Å². The van der Waals surface area contributed by atoms with E-state index in [9.17, 15) is 0 Å². The Balaban J connectivity index is 1.95. The molecule has 0 saturated heterocycles. The first kappa shape index (κ1) is 16.3. The molecular weight excluding hydrogens is 334 g/mol. The molecule has 2 rings (SSSR count). The van der Waals surface area contributed by atoms with E-state index < -0.39 is 0 Å². The van der Waals surface area contributed by atoms with Gasteiger partial charge in [-0.05, 0) is 36.6 Å². The maximum atomic E-state index is 5.08. The third-order valence-electron chi connectivity index (χ3n) is 3.67. The molecule has 1 aliphatic rings. The van der Waals surface area contributed by atoms with Crippen LogP contribution in [-0.4, -0.2) is 25.5 Å². The Kier molecular flexibility index (Phi) is 7.42. The minimum atomic E-state index is 0.763. The van der Waals surface area contributed by atoms with Crippen LogP contribution < -0.4 is 5.32 Å². The summed E-state index contributed by atoms with van der Waals surface area (Å²) in [7, 11) is 1.74. The lowest BCUT2D eigenvalue weighted by Crippen LogP contribution is -2.19. The normalized spacial score (nSPS) is 16.5. The SMILES string of the molecule is COCCNCc1cc(Br)ccc1SC1CCCCC1. The Hall–Kier alpha value is -0.0300. The fraction of sp³-hybridized carbons (Fsp3) is 0.625. The Labute approximate surface area is 135 Å². The zero-order chi connectivity index (χ0) is 14.2. The molecule has 0 heterocycles. The molecule has 0 amide bonds. The van der Waals surface area contributed by atoms with Crippen molar-refractivity contribution in [1.82, 2.24) is 5.32 Å². The summed E-state index contributed by atoms with van der Waals surface area (Å²) in [5.74, 6) is 0. The van der Waals surface area contributed by atoms with E-state index in [0.717, 1.165) is 29.4 Å². The lowest BCUT2D eigenvalue weighted by atomic mass is 10.0. The summed E-state index contributed by atoms with van der Waals surface area (Å²) in [6.07, 6.45) is 6.96. The van der Waals surface area contributed by atoms with Crippen LogP contribution >= 0.6 is 27.7 Å². The Morgan fingerprint density at radius 3 is 2.85 bits per heavy atom. The molecule has 0 radical (unpaired) electrons. The van der Waals surface area contributed by atoms with Crippen LogP contribution in [0.3, 0.4) is 0 Å². The van der Waals surface area contributed by atoms with Crippen molar-refractivity contribution in [2.45, 2.75) is 48.8 Å². The van der Waals surface area contributed by atoms with Gasteiger partial charge >= 0.3 is 0 Å². The molecule has 1 aliphatic carbocycles. The van der Waals surface area contributed by atoms with Crippen molar-refractivity contribution in [2.24, 2.45) is 0 Å². The summed E-state index contributed by atoms with van der Waals surface area (Å²) in [5.41, 5.74) is 1.39. The summed E-state index contributed by atoms with van der Waals surface area (Å²) in [5, 5.41) is 4.26. The van der Waals surface area contributed by atoms with Gasteiger partial charge in [-0.15, -0.1) is 11.8 Å². The molecule has 0 unspecified atom stereocenters. The van der Waals surface area contributed by atoms with E-state index >= 15 is 0 Å². The van der Waals surface area contributed by atoms with E-state index in [1.807, 2.05) is 0 Å². The number of thioether (sulfide) groups is 1. The summed E-state index contributed by atoms with van der Waals surface area (Å²) in [6, 6.07) is 6.66. The molecule has 1 saturated carbocycles. The summed E-state index contributed by atoms with van der Waals surface area (Å²) in [6.45, 7) is 2.58. The molecule has 1 aromatic rings. The molecule has 2 nitrogen and oxygen atoms in total. The average Bonchev–Trinajstić information content (AvgIpc) is 2.47. The Morgan fingerprint density at radius 1 is 1.30 bits per heavy atom. The van der Waals surface area contributed by atoms with Crippen LogP contribution in [0.4, 0.5) is 0 Å². The Morgan fingerprint density at radius 2 is 2.10 bits per heavy atom. The number of methoxy groups -OCH3 is 1. The number of hydrogen-bond acceptors (Lipinski definition) is 3. The van der Waals surface area contributed by atoms with Gasteiger partial charge in [0.2, 0.25) is 0 Å². The number of halogens is 1. The van der Waals surface area contributed by atoms with E-state index in [1.54, 1.807) is 7.11 Å². The highest BCUT2D eigenvalue weighted by atomic mass is 79.9. The van der Waals surface area contributed by atoms with Gasteiger partial charge in [0.1, 0.15) is 0 Å². The quantitative estimate of drug-likeness (QED) is 0.720. The predicted molar refractivity (Wildman–Crippen MR) is 90.5 cm³/mol. The van der Waals surface area contributed by atoms with Crippen molar-refractivity contribution in [2.75, 3.05) is 20.3 Å². The highest BCUT2D eigenvalue weighted by Crippen LogP contribution is 2.36.